The third-order valence-corrected chi connectivity index (χ3v) is 3.13. The Morgan fingerprint density at radius 3 is 2.48 bits per heavy atom. The largest absolute Gasteiger partial charge is 0.490 e. The molecule has 0 aliphatic carbocycles. The van der Waals surface area contributed by atoms with Crippen LogP contribution in [0.1, 0.15) is 31.0 Å². The summed E-state index contributed by atoms with van der Waals surface area (Å²) in [5.41, 5.74) is 4.81. The summed E-state index contributed by atoms with van der Waals surface area (Å²) in [6.45, 7) is 5.07. The minimum absolute atomic E-state index is 0.145. The molecule has 6 nitrogen and oxygen atoms in total. The Kier molecular flexibility index (Phi) is 5.19. The summed E-state index contributed by atoms with van der Waals surface area (Å²) < 4.78 is 13.0. The highest BCUT2D eigenvalue weighted by Crippen LogP contribution is 2.32. The number of nitrogens with zero attached hydrogens (tertiary/aromatic N) is 2. The zero-order valence-corrected chi connectivity index (χ0v) is 12.7. The lowest BCUT2D eigenvalue weighted by molar-refractivity contribution is 0.287. The van der Waals surface area contributed by atoms with Gasteiger partial charge in [-0.2, -0.15) is 5.10 Å². The van der Waals surface area contributed by atoms with Crippen molar-refractivity contribution < 1.29 is 9.47 Å². The highest BCUT2D eigenvalue weighted by Gasteiger charge is 2.16. The second-order valence-corrected chi connectivity index (χ2v) is 4.62. The maximum atomic E-state index is 5.71. The number of benzene rings is 1. The van der Waals surface area contributed by atoms with Crippen LogP contribution in [-0.4, -0.2) is 23.0 Å². The Labute approximate surface area is 124 Å². The van der Waals surface area contributed by atoms with E-state index in [9.17, 15) is 0 Å². The summed E-state index contributed by atoms with van der Waals surface area (Å²) in [4.78, 5) is 0. The minimum Gasteiger partial charge on any atom is -0.490 e. The Bertz CT molecular complexity index is 583. The van der Waals surface area contributed by atoms with Crippen LogP contribution in [0.4, 0.5) is 0 Å². The molecule has 0 fully saturated rings. The Hall–Kier alpha value is -2.05. The molecule has 1 unspecified atom stereocenters. The maximum Gasteiger partial charge on any atom is 0.161 e. The Morgan fingerprint density at radius 2 is 1.90 bits per heavy atom. The Morgan fingerprint density at radius 1 is 1.19 bits per heavy atom. The second-order valence-electron chi connectivity index (χ2n) is 4.62. The van der Waals surface area contributed by atoms with Crippen molar-refractivity contribution in [3.8, 4) is 11.5 Å². The van der Waals surface area contributed by atoms with Gasteiger partial charge in [0, 0.05) is 18.8 Å². The molecule has 21 heavy (non-hydrogen) atoms. The van der Waals surface area contributed by atoms with Gasteiger partial charge < -0.3 is 9.47 Å². The van der Waals surface area contributed by atoms with Crippen LogP contribution < -0.4 is 20.7 Å². The minimum atomic E-state index is -0.145. The predicted molar refractivity (Wildman–Crippen MR) is 81.2 cm³/mol. The molecule has 0 aliphatic heterocycles. The molecular weight excluding hydrogens is 268 g/mol. The third kappa shape index (κ3) is 3.53. The molecule has 114 valence electrons. The number of rotatable bonds is 7. The lowest BCUT2D eigenvalue weighted by atomic mass is 10.0. The van der Waals surface area contributed by atoms with E-state index in [0.717, 1.165) is 22.6 Å². The number of hydrazine groups is 1. The van der Waals surface area contributed by atoms with Crippen molar-refractivity contribution in [1.29, 1.82) is 0 Å². The van der Waals surface area contributed by atoms with E-state index < -0.39 is 0 Å². The first kappa shape index (κ1) is 15.3. The first-order valence-corrected chi connectivity index (χ1v) is 7.03. The van der Waals surface area contributed by atoms with Crippen LogP contribution in [0.3, 0.4) is 0 Å². The van der Waals surface area contributed by atoms with Gasteiger partial charge in [-0.05, 0) is 31.5 Å². The highest BCUT2D eigenvalue weighted by atomic mass is 16.5. The maximum absolute atomic E-state index is 5.71. The zero-order valence-electron chi connectivity index (χ0n) is 12.7. The van der Waals surface area contributed by atoms with Crippen molar-refractivity contribution in [3.05, 3.63) is 41.7 Å². The van der Waals surface area contributed by atoms with Crippen molar-refractivity contribution in [1.82, 2.24) is 15.2 Å². The fraction of sp³-hybridized carbons (Fsp3) is 0.400. The molecule has 0 radical (unpaired) electrons. The summed E-state index contributed by atoms with van der Waals surface area (Å²) in [7, 11) is 1.88. The third-order valence-electron chi connectivity index (χ3n) is 3.13. The van der Waals surface area contributed by atoms with Gasteiger partial charge in [0.1, 0.15) is 0 Å². The quantitative estimate of drug-likeness (QED) is 0.600. The fourth-order valence-electron chi connectivity index (χ4n) is 2.22. The van der Waals surface area contributed by atoms with Gasteiger partial charge >= 0.3 is 0 Å². The van der Waals surface area contributed by atoms with Crippen molar-refractivity contribution in [2.24, 2.45) is 12.9 Å². The first-order valence-electron chi connectivity index (χ1n) is 7.03. The van der Waals surface area contributed by atoms with E-state index in [1.54, 1.807) is 10.9 Å². The van der Waals surface area contributed by atoms with E-state index in [1.807, 2.05) is 45.3 Å². The number of hydrogen-bond donors (Lipinski definition) is 2. The molecule has 1 aromatic heterocycles. The van der Waals surface area contributed by atoms with E-state index in [2.05, 4.69) is 10.5 Å². The van der Waals surface area contributed by atoms with Crippen molar-refractivity contribution in [2.75, 3.05) is 13.2 Å². The molecule has 1 aromatic carbocycles. The van der Waals surface area contributed by atoms with Gasteiger partial charge in [-0.25, -0.2) is 5.43 Å². The molecule has 0 bridgehead atoms. The van der Waals surface area contributed by atoms with E-state index in [4.69, 9.17) is 15.3 Å². The highest BCUT2D eigenvalue weighted by molar-refractivity contribution is 5.45. The van der Waals surface area contributed by atoms with Crippen LogP contribution in [0.25, 0.3) is 0 Å². The van der Waals surface area contributed by atoms with Crippen LogP contribution in [0.5, 0.6) is 11.5 Å². The van der Waals surface area contributed by atoms with Gasteiger partial charge in [0.15, 0.2) is 11.5 Å². The monoisotopic (exact) mass is 290 g/mol. The standard InChI is InChI=1S/C15H22N4O2/c1-4-20-13-7-6-11(8-14(13)21-5-2)15(18-16)12-9-17-19(3)10-12/h6-10,15,18H,4-5,16H2,1-3H3. The predicted octanol–water partition coefficient (Wildman–Crippen LogP) is 1.77. The van der Waals surface area contributed by atoms with Crippen molar-refractivity contribution in [3.63, 3.8) is 0 Å². The summed E-state index contributed by atoms with van der Waals surface area (Å²) in [5, 5.41) is 4.18. The van der Waals surface area contributed by atoms with Crippen LogP contribution in [0.2, 0.25) is 0 Å². The molecule has 0 spiro atoms. The van der Waals surface area contributed by atoms with Crippen molar-refractivity contribution >= 4 is 0 Å². The van der Waals surface area contributed by atoms with E-state index in [1.165, 1.54) is 0 Å². The van der Waals surface area contributed by atoms with Gasteiger partial charge in [-0.1, -0.05) is 6.07 Å². The lowest BCUT2D eigenvalue weighted by Gasteiger charge is -2.18. The SMILES string of the molecule is CCOc1ccc(C(NN)c2cnn(C)c2)cc1OCC. The molecule has 0 saturated heterocycles. The van der Waals surface area contributed by atoms with Crippen LogP contribution in [-0.2, 0) is 7.05 Å². The van der Waals surface area contributed by atoms with Gasteiger partial charge in [0.25, 0.3) is 0 Å². The van der Waals surface area contributed by atoms with Gasteiger partial charge in [-0.3, -0.25) is 10.5 Å². The summed E-state index contributed by atoms with van der Waals surface area (Å²) >= 11 is 0. The molecule has 2 aromatic rings. The topological polar surface area (TPSA) is 74.3 Å². The van der Waals surface area contributed by atoms with Crippen LogP contribution >= 0.6 is 0 Å². The number of aryl methyl sites for hydroxylation is 1. The number of ether oxygens (including phenoxy) is 2. The van der Waals surface area contributed by atoms with Crippen molar-refractivity contribution in [2.45, 2.75) is 19.9 Å². The molecule has 2 rings (SSSR count). The lowest BCUT2D eigenvalue weighted by Crippen LogP contribution is -2.28. The molecule has 0 saturated carbocycles. The number of nitrogens with one attached hydrogen (secondary N) is 1. The summed E-state index contributed by atoms with van der Waals surface area (Å²) in [5.74, 6) is 7.17. The molecular formula is C15H22N4O2. The number of nitrogens with two attached hydrogens (primary N) is 1. The molecule has 1 heterocycles. The van der Waals surface area contributed by atoms with Gasteiger partial charge in [-0.15, -0.1) is 0 Å². The molecule has 0 aliphatic rings. The molecule has 0 amide bonds. The van der Waals surface area contributed by atoms with E-state index in [-0.39, 0.29) is 6.04 Å². The zero-order chi connectivity index (χ0) is 15.2. The average molecular weight is 290 g/mol. The van der Waals surface area contributed by atoms with Crippen LogP contribution in [0.15, 0.2) is 30.6 Å². The Balaban J connectivity index is 2.35. The molecule has 3 N–H and O–H groups in total. The molecule has 6 heteroatoms. The molecule has 1 atom stereocenters. The van der Waals surface area contributed by atoms with E-state index >= 15 is 0 Å². The second kappa shape index (κ2) is 7.10. The average Bonchev–Trinajstić information content (AvgIpc) is 2.89. The number of hydrogen-bond acceptors (Lipinski definition) is 5. The number of aromatic nitrogens is 2. The summed E-state index contributed by atoms with van der Waals surface area (Å²) in [6.07, 6.45) is 3.72. The van der Waals surface area contributed by atoms with E-state index in [0.29, 0.717) is 13.2 Å². The van der Waals surface area contributed by atoms with Gasteiger partial charge in [0.2, 0.25) is 0 Å². The summed E-state index contributed by atoms with van der Waals surface area (Å²) in [6, 6.07) is 5.69. The first-order chi connectivity index (χ1) is 10.2. The van der Waals surface area contributed by atoms with Crippen LogP contribution in [0, 0.1) is 0 Å². The normalized spacial score (nSPS) is 12.2. The fourth-order valence-corrected chi connectivity index (χ4v) is 2.22. The van der Waals surface area contributed by atoms with Gasteiger partial charge in [0.05, 0.1) is 25.5 Å². The smallest absolute Gasteiger partial charge is 0.161 e.